The molecular formula is C21H25Cl2NO2S. The number of thioether (sulfide) groups is 1. The van der Waals surface area contributed by atoms with Crippen LogP contribution in [-0.2, 0) is 10.5 Å². The van der Waals surface area contributed by atoms with Crippen LogP contribution in [0.3, 0.4) is 0 Å². The third-order valence-electron chi connectivity index (χ3n) is 4.12. The van der Waals surface area contributed by atoms with Gasteiger partial charge in [0.15, 0.2) is 6.10 Å². The summed E-state index contributed by atoms with van der Waals surface area (Å²) >= 11 is 14.0. The van der Waals surface area contributed by atoms with Crippen LogP contribution in [0.15, 0.2) is 36.4 Å². The lowest BCUT2D eigenvalue weighted by molar-refractivity contribution is -0.128. The summed E-state index contributed by atoms with van der Waals surface area (Å²) in [6, 6.07) is 11.5. The van der Waals surface area contributed by atoms with E-state index in [-0.39, 0.29) is 5.91 Å². The van der Waals surface area contributed by atoms with Crippen LogP contribution in [0.2, 0.25) is 10.0 Å². The van der Waals surface area contributed by atoms with E-state index in [0.29, 0.717) is 28.8 Å². The average Bonchev–Trinajstić information content (AvgIpc) is 2.62. The number of benzene rings is 2. The summed E-state index contributed by atoms with van der Waals surface area (Å²) in [5.41, 5.74) is 3.14. The Morgan fingerprint density at radius 3 is 2.52 bits per heavy atom. The van der Waals surface area contributed by atoms with Gasteiger partial charge in [-0.3, -0.25) is 4.79 Å². The van der Waals surface area contributed by atoms with Crippen LogP contribution in [0.1, 0.15) is 30.0 Å². The summed E-state index contributed by atoms with van der Waals surface area (Å²) in [6.45, 7) is 6.54. The van der Waals surface area contributed by atoms with Crippen LogP contribution in [0, 0.1) is 13.8 Å². The Labute approximate surface area is 175 Å². The van der Waals surface area contributed by atoms with Gasteiger partial charge in [-0.2, -0.15) is 11.8 Å². The van der Waals surface area contributed by atoms with Crippen LogP contribution in [0.5, 0.6) is 5.75 Å². The highest BCUT2D eigenvalue weighted by Crippen LogP contribution is 2.28. The van der Waals surface area contributed by atoms with Crippen molar-refractivity contribution in [2.75, 3.05) is 12.3 Å². The molecule has 0 aliphatic rings. The minimum Gasteiger partial charge on any atom is -0.480 e. The van der Waals surface area contributed by atoms with Gasteiger partial charge in [0, 0.05) is 28.1 Å². The zero-order valence-electron chi connectivity index (χ0n) is 15.9. The minimum atomic E-state index is -0.491. The number of nitrogens with one attached hydrogen (secondary N) is 1. The predicted octanol–water partition coefficient (Wildman–Crippen LogP) is 5.82. The van der Waals surface area contributed by atoms with E-state index in [1.807, 2.05) is 51.1 Å². The molecular weight excluding hydrogens is 401 g/mol. The molecule has 0 aromatic heterocycles. The largest absolute Gasteiger partial charge is 0.480 e. The molecule has 0 spiro atoms. The zero-order valence-corrected chi connectivity index (χ0v) is 18.2. The van der Waals surface area contributed by atoms with Crippen molar-refractivity contribution in [3.8, 4) is 5.75 Å². The molecule has 0 saturated carbocycles. The fourth-order valence-electron chi connectivity index (χ4n) is 2.61. The Hall–Kier alpha value is -1.36. The lowest BCUT2D eigenvalue weighted by atomic mass is 10.1. The van der Waals surface area contributed by atoms with Gasteiger partial charge in [0.05, 0.1) is 0 Å². The number of hydrogen-bond donors (Lipinski definition) is 1. The molecule has 0 aliphatic carbocycles. The van der Waals surface area contributed by atoms with Crippen molar-refractivity contribution in [3.05, 3.63) is 63.1 Å². The van der Waals surface area contributed by atoms with Crippen molar-refractivity contribution >= 4 is 40.9 Å². The molecule has 0 aliphatic heterocycles. The van der Waals surface area contributed by atoms with Gasteiger partial charge in [-0.05, 0) is 49.6 Å². The van der Waals surface area contributed by atoms with E-state index in [0.717, 1.165) is 22.6 Å². The number of aryl methyl sites for hydroxylation is 2. The summed E-state index contributed by atoms with van der Waals surface area (Å²) in [7, 11) is 0. The molecule has 1 N–H and O–H groups in total. The number of halogens is 2. The highest BCUT2D eigenvalue weighted by atomic mass is 35.5. The van der Waals surface area contributed by atoms with Gasteiger partial charge in [0.1, 0.15) is 5.75 Å². The SMILES string of the molecule is CCC(Oc1ccc(C)cc1C)C(=O)NCCSCc1c(Cl)cccc1Cl. The Bertz CT molecular complexity index is 763. The lowest BCUT2D eigenvalue weighted by Crippen LogP contribution is -2.39. The molecule has 146 valence electrons. The Balaban J connectivity index is 1.78. The van der Waals surface area contributed by atoms with Gasteiger partial charge in [-0.15, -0.1) is 0 Å². The first-order valence-electron chi connectivity index (χ1n) is 8.94. The van der Waals surface area contributed by atoms with Gasteiger partial charge in [0.25, 0.3) is 5.91 Å². The average molecular weight is 426 g/mol. The number of hydrogen-bond acceptors (Lipinski definition) is 3. The topological polar surface area (TPSA) is 38.3 Å². The molecule has 6 heteroatoms. The highest BCUT2D eigenvalue weighted by molar-refractivity contribution is 7.98. The lowest BCUT2D eigenvalue weighted by Gasteiger charge is -2.19. The third kappa shape index (κ3) is 6.63. The molecule has 2 aromatic rings. The predicted molar refractivity (Wildman–Crippen MR) is 116 cm³/mol. The van der Waals surface area contributed by atoms with Crippen LogP contribution < -0.4 is 10.1 Å². The quantitative estimate of drug-likeness (QED) is 0.514. The second-order valence-electron chi connectivity index (χ2n) is 6.33. The van der Waals surface area contributed by atoms with Gasteiger partial charge in [-0.1, -0.05) is 53.9 Å². The molecule has 3 nitrogen and oxygen atoms in total. The fourth-order valence-corrected chi connectivity index (χ4v) is 4.21. The summed E-state index contributed by atoms with van der Waals surface area (Å²) in [5, 5.41) is 4.30. The first-order chi connectivity index (χ1) is 12.9. The molecule has 0 saturated heterocycles. The summed E-state index contributed by atoms with van der Waals surface area (Å²) in [6.07, 6.45) is 0.121. The zero-order chi connectivity index (χ0) is 19.8. The Morgan fingerprint density at radius 1 is 1.19 bits per heavy atom. The van der Waals surface area contributed by atoms with Crippen molar-refractivity contribution in [2.24, 2.45) is 0 Å². The summed E-state index contributed by atoms with van der Waals surface area (Å²) < 4.78 is 5.92. The second-order valence-corrected chi connectivity index (χ2v) is 8.25. The van der Waals surface area contributed by atoms with Crippen LogP contribution >= 0.6 is 35.0 Å². The van der Waals surface area contributed by atoms with E-state index in [9.17, 15) is 4.79 Å². The normalized spacial score (nSPS) is 11.9. The molecule has 1 unspecified atom stereocenters. The minimum absolute atomic E-state index is 0.0890. The number of rotatable bonds is 9. The van der Waals surface area contributed by atoms with E-state index in [1.54, 1.807) is 11.8 Å². The monoisotopic (exact) mass is 425 g/mol. The van der Waals surface area contributed by atoms with E-state index in [2.05, 4.69) is 11.4 Å². The van der Waals surface area contributed by atoms with Crippen molar-refractivity contribution in [2.45, 2.75) is 39.0 Å². The van der Waals surface area contributed by atoms with Gasteiger partial charge in [-0.25, -0.2) is 0 Å². The molecule has 2 aromatic carbocycles. The molecule has 1 atom stereocenters. The van der Waals surface area contributed by atoms with Gasteiger partial charge in [0.2, 0.25) is 0 Å². The molecule has 0 bridgehead atoms. The van der Waals surface area contributed by atoms with Crippen LogP contribution in [0.25, 0.3) is 0 Å². The number of ether oxygens (including phenoxy) is 1. The first kappa shape index (κ1) is 21.9. The van der Waals surface area contributed by atoms with Crippen LogP contribution in [0.4, 0.5) is 0 Å². The standard InChI is InChI=1S/C21H25Cl2NO2S/c1-4-19(26-20-9-8-14(2)12-15(20)3)21(25)24-10-11-27-13-16-17(22)6-5-7-18(16)23/h5-9,12,19H,4,10-11,13H2,1-3H3,(H,24,25). The van der Waals surface area contributed by atoms with E-state index in [1.165, 1.54) is 5.56 Å². The molecule has 1 amide bonds. The van der Waals surface area contributed by atoms with Gasteiger partial charge < -0.3 is 10.1 Å². The number of amides is 1. The van der Waals surface area contributed by atoms with E-state index < -0.39 is 6.10 Å². The molecule has 2 rings (SSSR count). The highest BCUT2D eigenvalue weighted by Gasteiger charge is 2.18. The number of carbonyl (C=O) groups excluding carboxylic acids is 1. The van der Waals surface area contributed by atoms with Gasteiger partial charge >= 0.3 is 0 Å². The number of carbonyl (C=O) groups is 1. The van der Waals surface area contributed by atoms with Crippen molar-refractivity contribution in [3.63, 3.8) is 0 Å². The molecule has 0 fully saturated rings. The molecule has 0 heterocycles. The second kappa shape index (κ2) is 10.8. The fraction of sp³-hybridized carbons (Fsp3) is 0.381. The Morgan fingerprint density at radius 2 is 1.89 bits per heavy atom. The summed E-state index contributed by atoms with van der Waals surface area (Å²) in [4.78, 5) is 12.4. The summed E-state index contributed by atoms with van der Waals surface area (Å²) in [5.74, 6) is 2.15. The van der Waals surface area contributed by atoms with Crippen molar-refractivity contribution in [1.82, 2.24) is 5.32 Å². The van der Waals surface area contributed by atoms with Crippen molar-refractivity contribution in [1.29, 1.82) is 0 Å². The maximum absolute atomic E-state index is 12.4. The molecule has 27 heavy (non-hydrogen) atoms. The first-order valence-corrected chi connectivity index (χ1v) is 10.9. The van der Waals surface area contributed by atoms with E-state index in [4.69, 9.17) is 27.9 Å². The van der Waals surface area contributed by atoms with E-state index >= 15 is 0 Å². The molecule has 0 radical (unpaired) electrons. The maximum Gasteiger partial charge on any atom is 0.261 e. The smallest absolute Gasteiger partial charge is 0.261 e. The van der Waals surface area contributed by atoms with Crippen LogP contribution in [-0.4, -0.2) is 24.3 Å². The third-order valence-corrected chi connectivity index (χ3v) is 5.81. The maximum atomic E-state index is 12.4. The Kier molecular flexibility index (Phi) is 8.81. The van der Waals surface area contributed by atoms with Crippen molar-refractivity contribution < 1.29 is 9.53 Å².